The molecule has 0 spiro atoms. The van der Waals surface area contributed by atoms with Crippen LogP contribution in [0.5, 0.6) is 0 Å². The van der Waals surface area contributed by atoms with Crippen molar-refractivity contribution in [3.63, 3.8) is 0 Å². The molecule has 0 aromatic carbocycles. The summed E-state index contributed by atoms with van der Waals surface area (Å²) >= 11 is 0. The first-order valence-corrected chi connectivity index (χ1v) is 8.36. The molecule has 0 aromatic rings. The van der Waals surface area contributed by atoms with Gasteiger partial charge in [0.25, 0.3) is 0 Å². The van der Waals surface area contributed by atoms with Gasteiger partial charge in [-0.2, -0.15) is 0 Å². The normalized spacial score (nSPS) is 23.6. The van der Waals surface area contributed by atoms with E-state index >= 15 is 0 Å². The van der Waals surface area contributed by atoms with Gasteiger partial charge in [0, 0.05) is 25.7 Å². The van der Waals surface area contributed by atoms with Crippen LogP contribution in [0, 0.1) is 5.92 Å². The minimum Gasteiger partial charge on any atom is -0.481 e. The second kappa shape index (κ2) is 7.21. The molecule has 0 saturated carbocycles. The Kier molecular flexibility index (Phi) is 6.22. The molecule has 1 unspecified atom stereocenters. The first-order valence-electron chi connectivity index (χ1n) is 6.54. The lowest BCUT2D eigenvalue weighted by Gasteiger charge is -2.34. The highest BCUT2D eigenvalue weighted by molar-refractivity contribution is 7.91. The van der Waals surface area contributed by atoms with Gasteiger partial charge in [-0.05, 0) is 5.92 Å². The Morgan fingerprint density at radius 1 is 1.47 bits per heavy atom. The van der Waals surface area contributed by atoms with E-state index in [4.69, 9.17) is 9.84 Å². The van der Waals surface area contributed by atoms with Gasteiger partial charge in [0.05, 0.1) is 24.5 Å². The summed E-state index contributed by atoms with van der Waals surface area (Å²) in [5.41, 5.74) is 0. The number of sulfone groups is 1. The van der Waals surface area contributed by atoms with Gasteiger partial charge in [0.15, 0.2) is 9.84 Å². The SMILES string of the molecule is CC(C)COCCN1CCS(=O)(=O)CC1CC(=O)O. The molecule has 1 heterocycles. The standard InChI is InChI=1S/C12H23NO5S/c1-10(2)8-18-5-3-13-4-6-19(16,17)9-11(13)7-12(14)15/h10-11H,3-9H2,1-2H3,(H,14,15). The Hall–Kier alpha value is -0.660. The van der Waals surface area contributed by atoms with Gasteiger partial charge in [-0.3, -0.25) is 9.69 Å². The van der Waals surface area contributed by atoms with Crippen LogP contribution in [0.15, 0.2) is 0 Å². The lowest BCUT2D eigenvalue weighted by molar-refractivity contribution is -0.138. The molecule has 1 atom stereocenters. The number of hydrogen-bond donors (Lipinski definition) is 1. The summed E-state index contributed by atoms with van der Waals surface area (Å²) in [6, 6.07) is -0.432. The molecule has 0 bridgehead atoms. The molecule has 6 nitrogen and oxygen atoms in total. The molecule has 1 aliphatic heterocycles. The molecule has 0 aromatic heterocycles. The number of nitrogens with zero attached hydrogens (tertiary/aromatic N) is 1. The molecule has 1 fully saturated rings. The lowest BCUT2D eigenvalue weighted by Crippen LogP contribution is -2.50. The average molecular weight is 293 g/mol. The van der Waals surface area contributed by atoms with Crippen molar-refractivity contribution in [1.82, 2.24) is 4.90 Å². The van der Waals surface area contributed by atoms with Crippen molar-refractivity contribution in [1.29, 1.82) is 0 Å². The van der Waals surface area contributed by atoms with Crippen molar-refractivity contribution in [2.45, 2.75) is 26.3 Å². The van der Waals surface area contributed by atoms with Crippen molar-refractivity contribution < 1.29 is 23.1 Å². The first kappa shape index (κ1) is 16.4. The molecule has 1 saturated heterocycles. The summed E-state index contributed by atoms with van der Waals surface area (Å²) in [4.78, 5) is 12.7. The van der Waals surface area contributed by atoms with Crippen LogP contribution in [-0.4, -0.2) is 68.2 Å². The second-order valence-electron chi connectivity index (χ2n) is 5.37. The zero-order valence-corrected chi connectivity index (χ0v) is 12.4. The molecule has 112 valence electrons. The fourth-order valence-corrected chi connectivity index (χ4v) is 3.70. The Morgan fingerprint density at radius 3 is 2.74 bits per heavy atom. The van der Waals surface area contributed by atoms with E-state index < -0.39 is 21.8 Å². The van der Waals surface area contributed by atoms with Crippen molar-refractivity contribution in [3.05, 3.63) is 0 Å². The Bertz CT molecular complexity index is 393. The average Bonchev–Trinajstić information content (AvgIpc) is 2.24. The van der Waals surface area contributed by atoms with Gasteiger partial charge in [0.1, 0.15) is 0 Å². The zero-order chi connectivity index (χ0) is 14.5. The van der Waals surface area contributed by atoms with Gasteiger partial charge >= 0.3 is 5.97 Å². The fraction of sp³-hybridized carbons (Fsp3) is 0.917. The molecule has 7 heteroatoms. The second-order valence-corrected chi connectivity index (χ2v) is 7.60. The third kappa shape index (κ3) is 6.35. The molecular formula is C12H23NO5S. The molecule has 1 rings (SSSR count). The highest BCUT2D eigenvalue weighted by atomic mass is 32.2. The van der Waals surface area contributed by atoms with Crippen LogP contribution >= 0.6 is 0 Å². The monoisotopic (exact) mass is 293 g/mol. The smallest absolute Gasteiger partial charge is 0.304 e. The Morgan fingerprint density at radius 2 is 2.16 bits per heavy atom. The summed E-state index contributed by atoms with van der Waals surface area (Å²) in [7, 11) is -3.10. The van der Waals surface area contributed by atoms with Gasteiger partial charge in [-0.15, -0.1) is 0 Å². The number of rotatable bonds is 7. The van der Waals surface area contributed by atoms with E-state index in [-0.39, 0.29) is 17.9 Å². The van der Waals surface area contributed by atoms with Crippen LogP contribution in [0.1, 0.15) is 20.3 Å². The van der Waals surface area contributed by atoms with E-state index in [2.05, 4.69) is 13.8 Å². The van der Waals surface area contributed by atoms with Crippen molar-refractivity contribution >= 4 is 15.8 Å². The third-order valence-electron chi connectivity index (χ3n) is 3.04. The third-order valence-corrected chi connectivity index (χ3v) is 4.73. The number of carbonyl (C=O) groups is 1. The van der Waals surface area contributed by atoms with Crippen LogP contribution in [0.2, 0.25) is 0 Å². The summed E-state index contributed by atoms with van der Waals surface area (Å²) in [6.45, 7) is 6.26. The summed E-state index contributed by atoms with van der Waals surface area (Å²) in [5.74, 6) is -0.469. The number of carboxylic acids is 1. The fourth-order valence-electron chi connectivity index (χ4n) is 2.11. The zero-order valence-electron chi connectivity index (χ0n) is 11.5. The predicted octanol–water partition coefficient (Wildman–Crippen LogP) is 0.233. The quantitative estimate of drug-likeness (QED) is 0.677. The molecule has 19 heavy (non-hydrogen) atoms. The Labute approximate surface area is 114 Å². The topological polar surface area (TPSA) is 83.9 Å². The van der Waals surface area contributed by atoms with Gasteiger partial charge in [-0.1, -0.05) is 13.8 Å². The molecule has 0 radical (unpaired) electrons. The van der Waals surface area contributed by atoms with E-state index in [1.165, 1.54) is 0 Å². The van der Waals surface area contributed by atoms with Crippen molar-refractivity contribution in [3.8, 4) is 0 Å². The van der Waals surface area contributed by atoms with Gasteiger partial charge in [-0.25, -0.2) is 8.42 Å². The van der Waals surface area contributed by atoms with E-state index in [1.54, 1.807) is 0 Å². The summed E-state index contributed by atoms with van der Waals surface area (Å²) in [6.07, 6.45) is -0.136. The lowest BCUT2D eigenvalue weighted by atomic mass is 10.2. The maximum atomic E-state index is 11.6. The highest BCUT2D eigenvalue weighted by Crippen LogP contribution is 2.14. The number of aliphatic carboxylic acids is 1. The minimum atomic E-state index is -3.10. The van der Waals surface area contributed by atoms with Crippen molar-refractivity contribution in [2.75, 3.05) is 37.8 Å². The Balaban J connectivity index is 2.47. The van der Waals surface area contributed by atoms with Crippen LogP contribution in [0.25, 0.3) is 0 Å². The molecule has 0 aliphatic carbocycles. The molecular weight excluding hydrogens is 270 g/mol. The largest absolute Gasteiger partial charge is 0.481 e. The number of ether oxygens (including phenoxy) is 1. The first-order chi connectivity index (χ1) is 8.80. The molecule has 1 aliphatic rings. The molecule has 1 N–H and O–H groups in total. The van der Waals surface area contributed by atoms with E-state index in [0.29, 0.717) is 32.2 Å². The number of hydrogen-bond acceptors (Lipinski definition) is 5. The minimum absolute atomic E-state index is 0.0660. The van der Waals surface area contributed by atoms with E-state index in [1.807, 2.05) is 4.90 Å². The van der Waals surface area contributed by atoms with Crippen LogP contribution < -0.4 is 0 Å². The summed E-state index contributed by atoms with van der Waals surface area (Å²) in [5, 5.41) is 8.85. The molecule has 0 amide bonds. The van der Waals surface area contributed by atoms with Crippen LogP contribution in [0.4, 0.5) is 0 Å². The van der Waals surface area contributed by atoms with Crippen molar-refractivity contribution in [2.24, 2.45) is 5.92 Å². The summed E-state index contributed by atoms with van der Waals surface area (Å²) < 4.78 is 28.6. The van der Waals surface area contributed by atoms with Gasteiger partial charge < -0.3 is 9.84 Å². The number of carboxylic acid groups (broad SMARTS) is 1. The highest BCUT2D eigenvalue weighted by Gasteiger charge is 2.32. The maximum absolute atomic E-state index is 11.6. The van der Waals surface area contributed by atoms with Crippen LogP contribution in [0.3, 0.4) is 0 Å². The predicted molar refractivity (Wildman–Crippen MR) is 71.9 cm³/mol. The van der Waals surface area contributed by atoms with Crippen LogP contribution in [-0.2, 0) is 19.4 Å². The van der Waals surface area contributed by atoms with E-state index in [9.17, 15) is 13.2 Å². The van der Waals surface area contributed by atoms with Gasteiger partial charge in [0.2, 0.25) is 0 Å². The maximum Gasteiger partial charge on any atom is 0.304 e. The van der Waals surface area contributed by atoms with E-state index in [0.717, 1.165) is 0 Å².